The molecule has 5 nitrogen and oxygen atoms in total. The summed E-state index contributed by atoms with van der Waals surface area (Å²) in [4.78, 5) is 27.7. The third kappa shape index (κ3) is 5.03. The summed E-state index contributed by atoms with van der Waals surface area (Å²) in [6, 6.07) is 19.4. The molecular weight excluding hydrogens is 382 g/mol. The average Bonchev–Trinajstić information content (AvgIpc) is 3.27. The third-order valence-corrected chi connectivity index (χ3v) is 5.95. The fourth-order valence-corrected chi connectivity index (χ4v) is 4.13. The second kappa shape index (κ2) is 8.92. The number of amides is 3. The minimum atomic E-state index is -0.104. The lowest BCUT2D eigenvalue weighted by molar-refractivity contribution is -0.116. The molecule has 0 bridgehead atoms. The molecule has 0 radical (unpaired) electrons. The van der Waals surface area contributed by atoms with E-state index in [2.05, 4.69) is 22.8 Å². The van der Waals surface area contributed by atoms with Crippen molar-refractivity contribution in [3.63, 3.8) is 0 Å². The summed E-state index contributed by atoms with van der Waals surface area (Å²) in [5.41, 5.74) is 3.96. The molecule has 0 fully saturated rings. The molecule has 1 aliphatic rings. The molecule has 2 heterocycles. The van der Waals surface area contributed by atoms with Gasteiger partial charge in [0, 0.05) is 35.8 Å². The zero-order valence-corrected chi connectivity index (χ0v) is 16.9. The topological polar surface area (TPSA) is 61.4 Å². The van der Waals surface area contributed by atoms with Crippen molar-refractivity contribution in [3.8, 4) is 0 Å². The van der Waals surface area contributed by atoms with Crippen molar-refractivity contribution in [1.29, 1.82) is 0 Å². The number of nitrogens with zero attached hydrogens (tertiary/aromatic N) is 1. The minimum Gasteiger partial charge on any atom is -0.326 e. The fourth-order valence-electron chi connectivity index (χ4n) is 3.42. The highest BCUT2D eigenvalue weighted by Gasteiger charge is 2.20. The van der Waals surface area contributed by atoms with Gasteiger partial charge in [-0.25, -0.2) is 4.79 Å². The van der Waals surface area contributed by atoms with Crippen LogP contribution in [-0.4, -0.2) is 23.4 Å². The largest absolute Gasteiger partial charge is 0.326 e. The molecule has 3 amide bonds. The Balaban J connectivity index is 1.28. The minimum absolute atomic E-state index is 0.0119. The van der Waals surface area contributed by atoms with Gasteiger partial charge in [0.15, 0.2) is 0 Å². The van der Waals surface area contributed by atoms with E-state index in [1.54, 1.807) is 11.3 Å². The number of nitrogens with one attached hydrogen (secondary N) is 2. The van der Waals surface area contributed by atoms with Crippen molar-refractivity contribution >= 4 is 34.6 Å². The summed E-state index contributed by atoms with van der Waals surface area (Å²) in [5.74, 6) is -0.0119. The number of hydrogen-bond donors (Lipinski definition) is 2. The molecule has 0 aliphatic carbocycles. The number of benzene rings is 2. The SMILES string of the molecule is O=C(CCc1cccs1)Nc1ccc(NC(=O)N2CCc3ccccc3C2)cc1. The molecule has 1 aliphatic heterocycles. The highest BCUT2D eigenvalue weighted by molar-refractivity contribution is 7.09. The molecule has 2 aromatic carbocycles. The van der Waals surface area contributed by atoms with Gasteiger partial charge >= 0.3 is 6.03 Å². The Labute approximate surface area is 174 Å². The van der Waals surface area contributed by atoms with Crippen molar-refractivity contribution < 1.29 is 9.59 Å². The second-order valence-electron chi connectivity index (χ2n) is 7.08. The van der Waals surface area contributed by atoms with Crippen LogP contribution in [0.15, 0.2) is 66.0 Å². The van der Waals surface area contributed by atoms with E-state index in [-0.39, 0.29) is 11.9 Å². The maximum atomic E-state index is 12.6. The van der Waals surface area contributed by atoms with E-state index in [1.165, 1.54) is 16.0 Å². The van der Waals surface area contributed by atoms with Crippen LogP contribution >= 0.6 is 11.3 Å². The molecule has 6 heteroatoms. The van der Waals surface area contributed by atoms with E-state index < -0.39 is 0 Å². The Morgan fingerprint density at radius 2 is 1.62 bits per heavy atom. The molecule has 0 saturated carbocycles. The zero-order chi connectivity index (χ0) is 20.1. The number of rotatable bonds is 5. The highest BCUT2D eigenvalue weighted by Crippen LogP contribution is 2.20. The first-order chi connectivity index (χ1) is 14.2. The van der Waals surface area contributed by atoms with Crippen LogP contribution < -0.4 is 10.6 Å². The number of urea groups is 1. The number of hydrogen-bond acceptors (Lipinski definition) is 3. The van der Waals surface area contributed by atoms with Crippen LogP contribution in [0.4, 0.5) is 16.2 Å². The van der Waals surface area contributed by atoms with E-state index >= 15 is 0 Å². The summed E-state index contributed by atoms with van der Waals surface area (Å²) in [5, 5.41) is 7.86. The number of aryl methyl sites for hydroxylation is 1. The third-order valence-electron chi connectivity index (χ3n) is 5.02. The second-order valence-corrected chi connectivity index (χ2v) is 8.11. The van der Waals surface area contributed by atoms with E-state index in [9.17, 15) is 9.59 Å². The molecule has 0 saturated heterocycles. The fraction of sp³-hybridized carbons (Fsp3) is 0.217. The summed E-state index contributed by atoms with van der Waals surface area (Å²) in [6.07, 6.45) is 2.08. The van der Waals surface area contributed by atoms with Crippen molar-refractivity contribution in [3.05, 3.63) is 82.0 Å². The van der Waals surface area contributed by atoms with Crippen molar-refractivity contribution in [1.82, 2.24) is 4.90 Å². The maximum absolute atomic E-state index is 12.6. The Hall–Kier alpha value is -3.12. The van der Waals surface area contributed by atoms with Gasteiger partial charge in [-0.3, -0.25) is 4.79 Å². The van der Waals surface area contributed by atoms with Gasteiger partial charge in [-0.15, -0.1) is 11.3 Å². The monoisotopic (exact) mass is 405 g/mol. The summed E-state index contributed by atoms with van der Waals surface area (Å²) in [6.45, 7) is 1.33. The molecule has 2 N–H and O–H groups in total. The van der Waals surface area contributed by atoms with E-state index in [0.717, 1.165) is 18.5 Å². The normalized spacial score (nSPS) is 12.9. The molecule has 0 atom stereocenters. The number of anilines is 2. The number of thiophene rings is 1. The van der Waals surface area contributed by atoms with Crippen LogP contribution in [0.3, 0.4) is 0 Å². The van der Waals surface area contributed by atoms with Crippen molar-refractivity contribution in [2.45, 2.75) is 25.8 Å². The molecule has 3 aromatic rings. The van der Waals surface area contributed by atoms with Crippen LogP contribution in [0.2, 0.25) is 0 Å². The molecular formula is C23H23N3O2S. The first kappa shape index (κ1) is 19.2. The molecule has 4 rings (SSSR count). The van der Waals surface area contributed by atoms with Crippen LogP contribution in [0.5, 0.6) is 0 Å². The Kier molecular flexibility index (Phi) is 5.91. The molecule has 0 unspecified atom stereocenters. The lowest BCUT2D eigenvalue weighted by atomic mass is 10.0. The van der Waals surface area contributed by atoms with Gasteiger partial charge in [-0.1, -0.05) is 30.3 Å². The smallest absolute Gasteiger partial charge is 0.322 e. The van der Waals surface area contributed by atoms with Gasteiger partial charge in [-0.2, -0.15) is 0 Å². The maximum Gasteiger partial charge on any atom is 0.322 e. The Bertz CT molecular complexity index is 984. The zero-order valence-electron chi connectivity index (χ0n) is 16.1. The first-order valence-corrected chi connectivity index (χ1v) is 10.6. The quantitative estimate of drug-likeness (QED) is 0.634. The van der Waals surface area contributed by atoms with Crippen LogP contribution in [0.25, 0.3) is 0 Å². The predicted octanol–water partition coefficient (Wildman–Crippen LogP) is 4.91. The molecule has 148 valence electrons. The summed E-state index contributed by atoms with van der Waals surface area (Å²) < 4.78 is 0. The van der Waals surface area contributed by atoms with Crippen molar-refractivity contribution in [2.75, 3.05) is 17.2 Å². The first-order valence-electron chi connectivity index (χ1n) is 9.72. The summed E-state index contributed by atoms with van der Waals surface area (Å²) >= 11 is 1.66. The standard InChI is InChI=1S/C23H23N3O2S/c27-22(12-11-21-6-3-15-29-21)24-19-7-9-20(10-8-19)25-23(28)26-14-13-17-4-1-2-5-18(17)16-26/h1-10,15H,11-14,16H2,(H,24,27)(H,25,28). The Morgan fingerprint density at radius 3 is 2.34 bits per heavy atom. The van der Waals surface area contributed by atoms with Gasteiger partial charge < -0.3 is 15.5 Å². The van der Waals surface area contributed by atoms with E-state index in [0.29, 0.717) is 25.2 Å². The van der Waals surface area contributed by atoms with Gasteiger partial charge in [0.1, 0.15) is 0 Å². The lowest BCUT2D eigenvalue weighted by Crippen LogP contribution is -2.38. The van der Waals surface area contributed by atoms with Gasteiger partial charge in [-0.05, 0) is 59.7 Å². The molecule has 29 heavy (non-hydrogen) atoms. The Morgan fingerprint density at radius 1 is 0.897 bits per heavy atom. The molecule has 1 aromatic heterocycles. The van der Waals surface area contributed by atoms with Crippen LogP contribution in [0, 0.1) is 0 Å². The average molecular weight is 406 g/mol. The number of fused-ring (bicyclic) bond motifs is 1. The van der Waals surface area contributed by atoms with E-state index in [1.807, 2.05) is 58.8 Å². The summed E-state index contributed by atoms with van der Waals surface area (Å²) in [7, 11) is 0. The van der Waals surface area contributed by atoms with Crippen LogP contribution in [-0.2, 0) is 24.2 Å². The van der Waals surface area contributed by atoms with Crippen LogP contribution in [0.1, 0.15) is 22.4 Å². The van der Waals surface area contributed by atoms with Gasteiger partial charge in [0.05, 0.1) is 0 Å². The van der Waals surface area contributed by atoms with Crippen molar-refractivity contribution in [2.24, 2.45) is 0 Å². The lowest BCUT2D eigenvalue weighted by Gasteiger charge is -2.29. The van der Waals surface area contributed by atoms with Gasteiger partial charge in [0.25, 0.3) is 0 Å². The predicted molar refractivity (Wildman–Crippen MR) is 117 cm³/mol. The van der Waals surface area contributed by atoms with Gasteiger partial charge in [0.2, 0.25) is 5.91 Å². The number of carbonyl (C=O) groups excluding carboxylic acids is 2. The number of carbonyl (C=O) groups is 2. The highest BCUT2D eigenvalue weighted by atomic mass is 32.1. The van der Waals surface area contributed by atoms with E-state index in [4.69, 9.17) is 0 Å². The molecule has 0 spiro atoms.